The number of hydrogen-bond acceptors (Lipinski definition) is 6. The van der Waals surface area contributed by atoms with Crippen LogP contribution in [0.3, 0.4) is 0 Å². The largest absolute Gasteiger partial charge is 0.504 e. The Bertz CT molecular complexity index is 910. The first-order valence-corrected chi connectivity index (χ1v) is 9.22. The molecule has 0 bridgehead atoms. The summed E-state index contributed by atoms with van der Waals surface area (Å²) in [6, 6.07) is 10.4. The van der Waals surface area contributed by atoms with Crippen molar-refractivity contribution in [2.75, 3.05) is 13.2 Å². The Hall–Kier alpha value is -3.06. The van der Waals surface area contributed by atoms with Gasteiger partial charge in [-0.2, -0.15) is 0 Å². The third-order valence-corrected chi connectivity index (χ3v) is 4.65. The smallest absolute Gasteiger partial charge is 0.267 e. The van der Waals surface area contributed by atoms with Gasteiger partial charge in [-0.25, -0.2) is 9.98 Å². The molecule has 138 valence electrons. The fraction of sp³-hybridized carbons (Fsp3) is 0.150. The van der Waals surface area contributed by atoms with E-state index in [0.717, 1.165) is 5.56 Å². The Balaban J connectivity index is 1.93. The van der Waals surface area contributed by atoms with Gasteiger partial charge in [0.2, 0.25) is 0 Å². The zero-order valence-electron chi connectivity index (χ0n) is 14.8. The molecule has 1 aromatic heterocycles. The van der Waals surface area contributed by atoms with Crippen LogP contribution in [-0.2, 0) is 4.79 Å². The number of aliphatic imine (C=N–C) groups is 1. The quantitative estimate of drug-likeness (QED) is 0.605. The SMILES string of the molecule is C=CCN1C(=O)/C(=C/c2ccc(O)c(OCC)c2)S/C1=N/c1ccccn1. The lowest BCUT2D eigenvalue weighted by molar-refractivity contribution is -0.121. The zero-order chi connectivity index (χ0) is 19.2. The number of hydrogen-bond donors (Lipinski definition) is 1. The Kier molecular flexibility index (Phi) is 5.93. The van der Waals surface area contributed by atoms with Crippen molar-refractivity contribution in [2.24, 2.45) is 4.99 Å². The summed E-state index contributed by atoms with van der Waals surface area (Å²) in [5.74, 6) is 0.828. The lowest BCUT2D eigenvalue weighted by Gasteiger charge is -2.12. The van der Waals surface area contributed by atoms with E-state index in [-0.39, 0.29) is 11.7 Å². The van der Waals surface area contributed by atoms with Crippen LogP contribution in [0.5, 0.6) is 11.5 Å². The standard InChI is InChI=1S/C20H19N3O3S/c1-3-11-23-19(25)17(27-20(23)22-18-7-5-6-10-21-18)13-14-8-9-15(24)16(12-14)26-4-2/h3,5-10,12-13,24H,1,4,11H2,2H3/b17-13-,22-20+. The highest BCUT2D eigenvalue weighted by Crippen LogP contribution is 2.35. The number of phenols is 1. The normalized spacial score (nSPS) is 16.9. The summed E-state index contributed by atoms with van der Waals surface area (Å²) in [4.78, 5) is 23.5. The summed E-state index contributed by atoms with van der Waals surface area (Å²) in [5.41, 5.74) is 0.754. The van der Waals surface area contributed by atoms with Gasteiger partial charge in [0.1, 0.15) is 0 Å². The van der Waals surface area contributed by atoms with Crippen LogP contribution in [-0.4, -0.2) is 39.2 Å². The number of pyridine rings is 1. The molecule has 0 unspecified atom stereocenters. The first-order chi connectivity index (χ1) is 13.1. The van der Waals surface area contributed by atoms with Crippen molar-refractivity contribution in [1.82, 2.24) is 9.88 Å². The van der Waals surface area contributed by atoms with E-state index < -0.39 is 0 Å². The monoisotopic (exact) mass is 381 g/mol. The molecular formula is C20H19N3O3S. The van der Waals surface area contributed by atoms with Crippen molar-refractivity contribution in [1.29, 1.82) is 0 Å². The number of aromatic nitrogens is 1. The molecule has 2 aromatic rings. The average Bonchev–Trinajstić information content (AvgIpc) is 2.95. The number of carbonyl (C=O) groups is 1. The minimum Gasteiger partial charge on any atom is -0.504 e. The molecule has 7 heteroatoms. The van der Waals surface area contributed by atoms with Gasteiger partial charge in [0, 0.05) is 12.7 Å². The van der Waals surface area contributed by atoms with E-state index >= 15 is 0 Å². The van der Waals surface area contributed by atoms with Crippen LogP contribution >= 0.6 is 11.8 Å². The molecule has 3 rings (SSSR count). The van der Waals surface area contributed by atoms with Gasteiger partial charge >= 0.3 is 0 Å². The number of aromatic hydroxyl groups is 1. The zero-order valence-corrected chi connectivity index (χ0v) is 15.6. The molecule has 0 radical (unpaired) electrons. The molecule has 1 aliphatic rings. The van der Waals surface area contributed by atoms with Gasteiger partial charge in [-0.3, -0.25) is 9.69 Å². The summed E-state index contributed by atoms with van der Waals surface area (Å²) in [6.07, 6.45) is 5.07. The van der Waals surface area contributed by atoms with Crippen LogP contribution in [0.1, 0.15) is 12.5 Å². The summed E-state index contributed by atoms with van der Waals surface area (Å²) in [6.45, 7) is 6.35. The van der Waals surface area contributed by atoms with E-state index in [9.17, 15) is 9.90 Å². The predicted molar refractivity (Wildman–Crippen MR) is 108 cm³/mol. The van der Waals surface area contributed by atoms with Crippen molar-refractivity contribution in [3.05, 3.63) is 65.7 Å². The maximum absolute atomic E-state index is 12.8. The maximum Gasteiger partial charge on any atom is 0.267 e. The van der Waals surface area contributed by atoms with Crippen LogP contribution < -0.4 is 4.74 Å². The number of phenolic OH excluding ortho intramolecular Hbond substituents is 1. The Morgan fingerprint density at radius 3 is 2.93 bits per heavy atom. The highest BCUT2D eigenvalue weighted by Gasteiger charge is 2.32. The van der Waals surface area contributed by atoms with Gasteiger partial charge in [0.25, 0.3) is 5.91 Å². The van der Waals surface area contributed by atoms with Crippen LogP contribution in [0.15, 0.2) is 65.1 Å². The van der Waals surface area contributed by atoms with Gasteiger partial charge < -0.3 is 9.84 Å². The van der Waals surface area contributed by atoms with Gasteiger partial charge in [-0.1, -0.05) is 18.2 Å². The first kappa shape index (κ1) is 18.7. The molecule has 1 fully saturated rings. The number of amides is 1. The second kappa shape index (κ2) is 8.55. The third kappa shape index (κ3) is 4.38. The molecule has 1 saturated heterocycles. The van der Waals surface area contributed by atoms with Crippen molar-refractivity contribution < 1.29 is 14.6 Å². The van der Waals surface area contributed by atoms with Gasteiger partial charge in [0.05, 0.1) is 11.5 Å². The molecule has 1 amide bonds. The van der Waals surface area contributed by atoms with Crippen LogP contribution in [0, 0.1) is 0 Å². The molecule has 0 spiro atoms. The minimum atomic E-state index is -0.152. The summed E-state index contributed by atoms with van der Waals surface area (Å²) in [5, 5.41) is 10.4. The molecular weight excluding hydrogens is 362 g/mol. The molecule has 1 aliphatic heterocycles. The van der Waals surface area contributed by atoms with E-state index in [2.05, 4.69) is 16.6 Å². The molecule has 6 nitrogen and oxygen atoms in total. The fourth-order valence-electron chi connectivity index (χ4n) is 2.44. The maximum atomic E-state index is 12.8. The van der Waals surface area contributed by atoms with Crippen molar-refractivity contribution in [3.8, 4) is 11.5 Å². The van der Waals surface area contributed by atoms with Crippen LogP contribution in [0.25, 0.3) is 6.08 Å². The van der Waals surface area contributed by atoms with E-state index in [1.165, 1.54) is 11.8 Å². The van der Waals surface area contributed by atoms with E-state index in [1.807, 2.05) is 19.1 Å². The van der Waals surface area contributed by atoms with Crippen molar-refractivity contribution in [2.45, 2.75) is 6.92 Å². The molecule has 0 saturated carbocycles. The number of carbonyl (C=O) groups excluding carboxylic acids is 1. The lowest BCUT2D eigenvalue weighted by Crippen LogP contribution is -2.29. The molecule has 1 aromatic carbocycles. The molecule has 0 aliphatic carbocycles. The number of nitrogens with zero attached hydrogens (tertiary/aromatic N) is 3. The van der Waals surface area contributed by atoms with Gasteiger partial charge in [-0.15, -0.1) is 6.58 Å². The minimum absolute atomic E-state index is 0.0649. The number of amidine groups is 1. The van der Waals surface area contributed by atoms with Crippen molar-refractivity contribution in [3.63, 3.8) is 0 Å². The molecule has 27 heavy (non-hydrogen) atoms. The predicted octanol–water partition coefficient (Wildman–Crippen LogP) is 3.98. The number of thioether (sulfide) groups is 1. The van der Waals surface area contributed by atoms with Gasteiger partial charge in [-0.05, 0) is 54.6 Å². The number of rotatable bonds is 6. The topological polar surface area (TPSA) is 75.0 Å². The lowest BCUT2D eigenvalue weighted by atomic mass is 10.2. The summed E-state index contributed by atoms with van der Waals surface area (Å²) < 4.78 is 5.40. The molecule has 0 atom stereocenters. The second-order valence-electron chi connectivity index (χ2n) is 5.56. The van der Waals surface area contributed by atoms with E-state index in [4.69, 9.17) is 4.74 Å². The number of benzene rings is 1. The van der Waals surface area contributed by atoms with Crippen molar-refractivity contribution >= 4 is 34.7 Å². The van der Waals surface area contributed by atoms with Gasteiger partial charge in [0.15, 0.2) is 22.5 Å². The van der Waals surface area contributed by atoms with E-state index in [0.29, 0.717) is 34.8 Å². The summed E-state index contributed by atoms with van der Waals surface area (Å²) >= 11 is 1.28. The Morgan fingerprint density at radius 2 is 2.22 bits per heavy atom. The number of ether oxygens (including phenoxy) is 1. The second-order valence-corrected chi connectivity index (χ2v) is 6.57. The van der Waals surface area contributed by atoms with Crippen LogP contribution in [0.4, 0.5) is 5.82 Å². The Labute approximate surface area is 161 Å². The molecule has 2 heterocycles. The summed E-state index contributed by atoms with van der Waals surface area (Å²) in [7, 11) is 0. The third-order valence-electron chi connectivity index (χ3n) is 3.64. The van der Waals surface area contributed by atoms with E-state index in [1.54, 1.807) is 47.5 Å². The highest BCUT2D eigenvalue weighted by atomic mass is 32.2. The average molecular weight is 381 g/mol. The molecule has 1 N–H and O–H groups in total. The Morgan fingerprint density at radius 1 is 1.37 bits per heavy atom. The van der Waals surface area contributed by atoms with Crippen LogP contribution in [0.2, 0.25) is 0 Å². The highest BCUT2D eigenvalue weighted by molar-refractivity contribution is 8.18. The fourth-order valence-corrected chi connectivity index (χ4v) is 3.44. The first-order valence-electron chi connectivity index (χ1n) is 8.40.